The zero-order valence-electron chi connectivity index (χ0n) is 21.7. The van der Waals surface area contributed by atoms with E-state index >= 15 is 0 Å². The first kappa shape index (κ1) is 27.4. The fraction of sp³-hybridized carbons (Fsp3) is 0.133. The van der Waals surface area contributed by atoms with Crippen molar-refractivity contribution in [2.45, 2.75) is 23.6 Å². The number of hydrogen-bond donors (Lipinski definition) is 4. The van der Waals surface area contributed by atoms with Crippen LogP contribution in [0.1, 0.15) is 11.1 Å². The van der Waals surface area contributed by atoms with Crippen molar-refractivity contribution in [3.8, 4) is 0 Å². The number of benzene rings is 4. The van der Waals surface area contributed by atoms with Crippen LogP contribution in [0.15, 0.2) is 107 Å². The van der Waals surface area contributed by atoms with Gasteiger partial charge < -0.3 is 21.3 Å². The fourth-order valence-corrected chi connectivity index (χ4v) is 4.95. The Morgan fingerprint density at radius 1 is 0.513 bits per heavy atom. The molecule has 0 heterocycles. The van der Waals surface area contributed by atoms with E-state index in [9.17, 15) is 18.0 Å². The highest BCUT2D eigenvalue weighted by molar-refractivity contribution is 7.91. The lowest BCUT2D eigenvalue weighted by Gasteiger charge is -2.11. The molecular formula is C30H30N4O4S. The molecule has 4 rings (SSSR count). The van der Waals surface area contributed by atoms with Gasteiger partial charge in [0.2, 0.25) is 21.7 Å². The van der Waals surface area contributed by atoms with Crippen molar-refractivity contribution in [2.24, 2.45) is 0 Å². The first-order valence-corrected chi connectivity index (χ1v) is 13.8. The number of anilines is 4. The van der Waals surface area contributed by atoms with Crippen molar-refractivity contribution in [3.63, 3.8) is 0 Å². The second kappa shape index (κ2) is 12.3. The van der Waals surface area contributed by atoms with Crippen LogP contribution in [-0.2, 0) is 19.4 Å². The number of hydrogen-bond acceptors (Lipinski definition) is 6. The summed E-state index contributed by atoms with van der Waals surface area (Å²) in [6.45, 7) is 4.02. The van der Waals surface area contributed by atoms with Crippen LogP contribution in [0.5, 0.6) is 0 Å². The molecule has 39 heavy (non-hydrogen) atoms. The first-order valence-electron chi connectivity index (χ1n) is 12.3. The van der Waals surface area contributed by atoms with Crippen molar-refractivity contribution in [1.82, 2.24) is 0 Å². The van der Waals surface area contributed by atoms with E-state index < -0.39 is 9.84 Å². The zero-order valence-corrected chi connectivity index (χ0v) is 22.5. The normalized spacial score (nSPS) is 10.9. The van der Waals surface area contributed by atoms with E-state index in [0.717, 1.165) is 11.1 Å². The van der Waals surface area contributed by atoms with Crippen LogP contribution < -0.4 is 21.3 Å². The van der Waals surface area contributed by atoms with Crippen LogP contribution in [0.2, 0.25) is 0 Å². The average molecular weight is 543 g/mol. The van der Waals surface area contributed by atoms with Crippen LogP contribution in [0.3, 0.4) is 0 Å². The summed E-state index contributed by atoms with van der Waals surface area (Å²) in [5.74, 6) is -0.422. The summed E-state index contributed by atoms with van der Waals surface area (Å²) in [6, 6.07) is 27.5. The lowest BCUT2D eigenvalue weighted by molar-refractivity contribution is -0.115. The molecule has 0 saturated heterocycles. The van der Waals surface area contributed by atoms with Gasteiger partial charge in [0.25, 0.3) is 0 Å². The maximum atomic E-state index is 13.1. The molecule has 0 aliphatic rings. The van der Waals surface area contributed by atoms with Crippen LogP contribution in [0.25, 0.3) is 0 Å². The Morgan fingerprint density at radius 2 is 0.821 bits per heavy atom. The summed E-state index contributed by atoms with van der Waals surface area (Å²) >= 11 is 0. The number of carbonyl (C=O) groups excluding carboxylic acids is 2. The molecule has 0 atom stereocenters. The van der Waals surface area contributed by atoms with Crippen molar-refractivity contribution in [3.05, 3.63) is 108 Å². The molecule has 0 fully saturated rings. The van der Waals surface area contributed by atoms with Gasteiger partial charge in [0.05, 0.1) is 22.9 Å². The van der Waals surface area contributed by atoms with Gasteiger partial charge in [-0.15, -0.1) is 0 Å². The van der Waals surface area contributed by atoms with Crippen LogP contribution in [0, 0.1) is 13.8 Å². The van der Waals surface area contributed by atoms with E-state index in [-0.39, 0.29) is 34.7 Å². The van der Waals surface area contributed by atoms with Gasteiger partial charge in [-0.25, -0.2) is 8.42 Å². The predicted molar refractivity (Wildman–Crippen MR) is 155 cm³/mol. The van der Waals surface area contributed by atoms with Gasteiger partial charge in [0.1, 0.15) is 0 Å². The molecular weight excluding hydrogens is 512 g/mol. The van der Waals surface area contributed by atoms with Gasteiger partial charge in [-0.2, -0.15) is 0 Å². The monoisotopic (exact) mass is 542 g/mol. The standard InChI is InChI=1S/C30H30N4O4S/c1-21-3-7-25(8-4-21)33-29(35)19-31-23-11-15-27(16-12-23)39(37,38)28-17-13-24(14-18-28)32-20-30(36)34-26-9-5-22(2)6-10-26/h3-18,31-32H,19-20H2,1-2H3,(H,33,35)(H,34,36). The van der Waals surface area contributed by atoms with Gasteiger partial charge in [-0.3, -0.25) is 9.59 Å². The van der Waals surface area contributed by atoms with Crippen molar-refractivity contribution in [1.29, 1.82) is 0 Å². The Morgan fingerprint density at radius 3 is 1.15 bits per heavy atom. The smallest absolute Gasteiger partial charge is 0.243 e. The van der Waals surface area contributed by atoms with Crippen molar-refractivity contribution >= 4 is 44.4 Å². The molecule has 0 aliphatic heterocycles. The number of aryl methyl sites for hydroxylation is 2. The maximum absolute atomic E-state index is 13.1. The number of sulfone groups is 1. The number of nitrogens with one attached hydrogen (secondary N) is 4. The van der Waals surface area contributed by atoms with Gasteiger partial charge in [0.15, 0.2) is 0 Å². The summed E-state index contributed by atoms with van der Waals surface area (Å²) in [6.07, 6.45) is 0. The predicted octanol–water partition coefficient (Wildman–Crippen LogP) is 5.24. The van der Waals surface area contributed by atoms with Crippen molar-refractivity contribution in [2.75, 3.05) is 34.4 Å². The molecule has 0 spiro atoms. The summed E-state index contributed by atoms with van der Waals surface area (Å²) < 4.78 is 26.1. The second-order valence-corrected chi connectivity index (χ2v) is 11.0. The highest BCUT2D eigenvalue weighted by Gasteiger charge is 2.17. The largest absolute Gasteiger partial charge is 0.376 e. The molecule has 4 N–H and O–H groups in total. The average Bonchev–Trinajstić information content (AvgIpc) is 2.94. The molecule has 200 valence electrons. The van der Waals surface area contributed by atoms with E-state index in [4.69, 9.17) is 0 Å². The summed E-state index contributed by atoms with van der Waals surface area (Å²) in [5, 5.41) is 11.6. The Balaban J connectivity index is 1.29. The van der Waals surface area contributed by atoms with Crippen LogP contribution in [-0.4, -0.2) is 33.3 Å². The van der Waals surface area contributed by atoms with Crippen LogP contribution >= 0.6 is 0 Å². The first-order chi connectivity index (χ1) is 18.7. The highest BCUT2D eigenvalue weighted by atomic mass is 32.2. The molecule has 0 aliphatic carbocycles. The molecule has 0 bridgehead atoms. The summed E-state index contributed by atoms with van der Waals surface area (Å²) in [7, 11) is -3.74. The van der Waals surface area contributed by atoms with E-state index in [2.05, 4.69) is 21.3 Å². The third kappa shape index (κ3) is 7.68. The van der Waals surface area contributed by atoms with Gasteiger partial charge in [-0.05, 0) is 86.6 Å². The number of amides is 2. The molecule has 4 aromatic rings. The van der Waals surface area contributed by atoms with E-state index in [1.165, 1.54) is 24.3 Å². The minimum absolute atomic E-state index is 0.0392. The Bertz CT molecular complexity index is 1420. The van der Waals surface area contributed by atoms with Crippen LogP contribution in [0.4, 0.5) is 22.7 Å². The number of carbonyl (C=O) groups is 2. The van der Waals surface area contributed by atoms with E-state index in [0.29, 0.717) is 22.7 Å². The molecule has 0 radical (unpaired) electrons. The lowest BCUT2D eigenvalue weighted by atomic mass is 10.2. The Hall–Kier alpha value is -4.63. The van der Waals surface area contributed by atoms with Gasteiger partial charge in [-0.1, -0.05) is 35.4 Å². The van der Waals surface area contributed by atoms with E-state index in [1.54, 1.807) is 24.3 Å². The lowest BCUT2D eigenvalue weighted by Crippen LogP contribution is -2.21. The molecule has 0 saturated carbocycles. The van der Waals surface area contributed by atoms with Gasteiger partial charge >= 0.3 is 0 Å². The number of rotatable bonds is 10. The molecule has 0 unspecified atom stereocenters. The Kier molecular flexibility index (Phi) is 8.63. The zero-order chi connectivity index (χ0) is 27.8. The highest BCUT2D eigenvalue weighted by Crippen LogP contribution is 2.24. The molecule has 0 aromatic heterocycles. The second-order valence-electron chi connectivity index (χ2n) is 9.09. The topological polar surface area (TPSA) is 116 Å². The molecule has 2 amide bonds. The minimum Gasteiger partial charge on any atom is -0.376 e. The third-order valence-corrected chi connectivity index (χ3v) is 7.69. The molecule has 4 aromatic carbocycles. The molecule has 9 heteroatoms. The molecule has 8 nitrogen and oxygen atoms in total. The summed E-state index contributed by atoms with van der Waals surface area (Å²) in [5.41, 5.74) is 4.87. The minimum atomic E-state index is -3.74. The van der Waals surface area contributed by atoms with Crippen molar-refractivity contribution < 1.29 is 18.0 Å². The Labute approximate surface area is 228 Å². The van der Waals surface area contributed by atoms with E-state index in [1.807, 2.05) is 62.4 Å². The van der Waals surface area contributed by atoms with Gasteiger partial charge in [0, 0.05) is 22.7 Å². The quantitative estimate of drug-likeness (QED) is 0.218. The summed E-state index contributed by atoms with van der Waals surface area (Å²) in [4.78, 5) is 24.6. The maximum Gasteiger partial charge on any atom is 0.243 e. The third-order valence-electron chi connectivity index (χ3n) is 5.91. The fourth-order valence-electron chi connectivity index (χ4n) is 3.69. The SMILES string of the molecule is Cc1ccc(NC(=O)CNc2ccc(S(=O)(=O)c3ccc(NCC(=O)Nc4ccc(C)cc4)cc3)cc2)cc1.